The lowest BCUT2D eigenvalue weighted by Gasteiger charge is -2.17. The second kappa shape index (κ2) is 7.61. The zero-order chi connectivity index (χ0) is 15.9. The van der Waals surface area contributed by atoms with Crippen LogP contribution in [0.3, 0.4) is 0 Å². The number of rotatable bonds is 5. The Labute approximate surface area is 134 Å². The molecule has 0 spiro atoms. The minimum absolute atomic E-state index is 0.0642. The number of benzene rings is 2. The zero-order valence-corrected chi connectivity index (χ0v) is 13.0. The quantitative estimate of drug-likeness (QED) is 0.921. The van der Waals surface area contributed by atoms with E-state index in [0.29, 0.717) is 10.6 Å². The number of hydrogen-bond donors (Lipinski definition) is 1. The highest BCUT2D eigenvalue weighted by Crippen LogP contribution is 2.15. The van der Waals surface area contributed by atoms with Crippen molar-refractivity contribution in [2.45, 2.75) is 6.42 Å². The number of carbonyl (C=O) groups excluding carboxylic acids is 2. The molecule has 2 rings (SSSR count). The van der Waals surface area contributed by atoms with E-state index in [1.54, 1.807) is 36.2 Å². The highest BCUT2D eigenvalue weighted by atomic mass is 35.5. The first-order valence-electron chi connectivity index (χ1n) is 6.94. The smallest absolute Gasteiger partial charge is 0.252 e. The summed E-state index contributed by atoms with van der Waals surface area (Å²) in [5.74, 6) is -0.341. The van der Waals surface area contributed by atoms with Gasteiger partial charge in [0, 0.05) is 25.7 Å². The van der Waals surface area contributed by atoms with Crippen LogP contribution in [0.4, 0.5) is 5.69 Å². The van der Waals surface area contributed by atoms with E-state index < -0.39 is 0 Å². The molecule has 0 fully saturated rings. The fraction of sp³-hybridized carbons (Fsp3) is 0.176. The van der Waals surface area contributed by atoms with E-state index in [9.17, 15) is 9.59 Å². The number of carbonyl (C=O) groups is 2. The first-order chi connectivity index (χ1) is 10.6. The van der Waals surface area contributed by atoms with Gasteiger partial charge in [0.25, 0.3) is 5.91 Å². The molecule has 0 unspecified atom stereocenters. The Bertz CT molecular complexity index is 659. The van der Waals surface area contributed by atoms with Crippen LogP contribution < -0.4 is 10.2 Å². The maximum absolute atomic E-state index is 12.1. The molecule has 0 radical (unpaired) electrons. The number of anilines is 1. The predicted molar refractivity (Wildman–Crippen MR) is 88.3 cm³/mol. The lowest BCUT2D eigenvalue weighted by atomic mass is 10.2. The van der Waals surface area contributed by atoms with Gasteiger partial charge in [-0.25, -0.2) is 0 Å². The molecule has 0 aliphatic rings. The molecule has 0 saturated heterocycles. The van der Waals surface area contributed by atoms with Gasteiger partial charge in [-0.3, -0.25) is 9.59 Å². The summed E-state index contributed by atoms with van der Waals surface area (Å²) in [6.45, 7) is 0.264. The van der Waals surface area contributed by atoms with E-state index in [2.05, 4.69) is 5.32 Å². The maximum Gasteiger partial charge on any atom is 0.252 e. The monoisotopic (exact) mass is 316 g/mol. The first-order valence-corrected chi connectivity index (χ1v) is 7.31. The van der Waals surface area contributed by atoms with Gasteiger partial charge in [0.2, 0.25) is 5.91 Å². The van der Waals surface area contributed by atoms with E-state index in [1.807, 2.05) is 30.3 Å². The Morgan fingerprint density at radius 2 is 1.68 bits per heavy atom. The minimum Gasteiger partial charge on any atom is -0.351 e. The average molecular weight is 317 g/mol. The molecule has 2 aromatic carbocycles. The van der Waals surface area contributed by atoms with Crippen LogP contribution in [0.2, 0.25) is 5.02 Å². The Balaban J connectivity index is 1.85. The van der Waals surface area contributed by atoms with Crippen molar-refractivity contribution in [1.29, 1.82) is 0 Å². The predicted octanol–water partition coefficient (Wildman–Crippen LogP) is 3.12. The van der Waals surface area contributed by atoms with Crippen LogP contribution in [-0.4, -0.2) is 25.4 Å². The first kappa shape index (κ1) is 16.0. The highest BCUT2D eigenvalue weighted by Gasteiger charge is 2.12. The molecule has 0 atom stereocenters. The highest BCUT2D eigenvalue weighted by molar-refractivity contribution is 6.33. The van der Waals surface area contributed by atoms with Gasteiger partial charge < -0.3 is 10.2 Å². The summed E-state index contributed by atoms with van der Waals surface area (Å²) in [6, 6.07) is 16.2. The molecule has 0 aliphatic heterocycles. The van der Waals surface area contributed by atoms with Crippen molar-refractivity contribution in [3.05, 3.63) is 65.2 Å². The van der Waals surface area contributed by atoms with E-state index in [1.165, 1.54) is 0 Å². The van der Waals surface area contributed by atoms with Crippen LogP contribution in [0.5, 0.6) is 0 Å². The van der Waals surface area contributed by atoms with Crippen LogP contribution >= 0.6 is 11.6 Å². The van der Waals surface area contributed by atoms with Crippen molar-refractivity contribution in [1.82, 2.24) is 5.32 Å². The average Bonchev–Trinajstić information content (AvgIpc) is 2.55. The molecule has 0 aliphatic carbocycles. The molecule has 0 heterocycles. The standard InChI is InChI=1S/C17H17ClN2O2/c1-20(13-7-3-2-4-8-13)16(21)11-12-19-17(22)14-9-5-6-10-15(14)18/h2-10H,11-12H2,1H3,(H,19,22). The van der Waals surface area contributed by atoms with Crippen molar-refractivity contribution >= 4 is 29.1 Å². The second-order valence-electron chi connectivity index (χ2n) is 4.77. The molecule has 0 saturated carbocycles. The SMILES string of the molecule is CN(C(=O)CCNC(=O)c1ccccc1Cl)c1ccccc1. The number of halogens is 1. The molecule has 5 heteroatoms. The van der Waals surface area contributed by atoms with Gasteiger partial charge in [-0.2, -0.15) is 0 Å². The lowest BCUT2D eigenvalue weighted by Crippen LogP contribution is -2.32. The lowest BCUT2D eigenvalue weighted by molar-refractivity contribution is -0.118. The Morgan fingerprint density at radius 3 is 2.36 bits per heavy atom. The summed E-state index contributed by atoms with van der Waals surface area (Å²) in [6.07, 6.45) is 0.224. The molecule has 1 N–H and O–H groups in total. The van der Waals surface area contributed by atoms with Gasteiger partial charge in [0.05, 0.1) is 10.6 Å². The Morgan fingerprint density at radius 1 is 1.05 bits per heavy atom. The van der Waals surface area contributed by atoms with Crippen molar-refractivity contribution in [2.75, 3.05) is 18.5 Å². The third-order valence-electron chi connectivity index (χ3n) is 3.26. The maximum atomic E-state index is 12.1. The van der Waals surface area contributed by atoms with E-state index in [4.69, 9.17) is 11.6 Å². The van der Waals surface area contributed by atoms with E-state index in [0.717, 1.165) is 5.69 Å². The molecule has 114 valence electrons. The summed E-state index contributed by atoms with van der Waals surface area (Å²) >= 11 is 5.96. The van der Waals surface area contributed by atoms with Gasteiger partial charge in [-0.15, -0.1) is 0 Å². The number of para-hydroxylation sites is 1. The molecule has 22 heavy (non-hydrogen) atoms. The van der Waals surface area contributed by atoms with Crippen LogP contribution in [0, 0.1) is 0 Å². The molecule has 4 nitrogen and oxygen atoms in total. The molecule has 2 aromatic rings. The van der Waals surface area contributed by atoms with Gasteiger partial charge in [0.15, 0.2) is 0 Å². The number of nitrogens with one attached hydrogen (secondary N) is 1. The Hall–Kier alpha value is -2.33. The van der Waals surface area contributed by atoms with Crippen LogP contribution in [0.15, 0.2) is 54.6 Å². The summed E-state index contributed by atoms with van der Waals surface area (Å²) in [5, 5.41) is 3.10. The largest absolute Gasteiger partial charge is 0.351 e. The van der Waals surface area contributed by atoms with Crippen molar-refractivity contribution in [2.24, 2.45) is 0 Å². The summed E-state index contributed by atoms with van der Waals surface area (Å²) < 4.78 is 0. The summed E-state index contributed by atoms with van der Waals surface area (Å²) in [4.78, 5) is 25.6. The third-order valence-corrected chi connectivity index (χ3v) is 3.59. The normalized spacial score (nSPS) is 10.1. The Kier molecular flexibility index (Phi) is 5.55. The minimum atomic E-state index is -0.277. The van der Waals surface area contributed by atoms with Gasteiger partial charge in [0.1, 0.15) is 0 Å². The third kappa shape index (κ3) is 4.09. The zero-order valence-electron chi connectivity index (χ0n) is 12.3. The van der Waals surface area contributed by atoms with Crippen LogP contribution in [0.1, 0.15) is 16.8 Å². The molecule has 0 bridgehead atoms. The van der Waals surface area contributed by atoms with E-state index in [-0.39, 0.29) is 24.8 Å². The fourth-order valence-electron chi connectivity index (χ4n) is 1.99. The van der Waals surface area contributed by atoms with Crippen molar-refractivity contribution in [3.63, 3.8) is 0 Å². The van der Waals surface area contributed by atoms with Crippen molar-refractivity contribution in [3.8, 4) is 0 Å². The topological polar surface area (TPSA) is 49.4 Å². The number of hydrogen-bond acceptors (Lipinski definition) is 2. The van der Waals surface area contributed by atoms with Crippen LogP contribution in [0.25, 0.3) is 0 Å². The molecule has 2 amide bonds. The van der Waals surface area contributed by atoms with Crippen LogP contribution in [-0.2, 0) is 4.79 Å². The number of nitrogens with zero attached hydrogens (tertiary/aromatic N) is 1. The molecular formula is C17H17ClN2O2. The number of amides is 2. The van der Waals surface area contributed by atoms with Gasteiger partial charge >= 0.3 is 0 Å². The van der Waals surface area contributed by atoms with E-state index >= 15 is 0 Å². The fourth-order valence-corrected chi connectivity index (χ4v) is 2.21. The second-order valence-corrected chi connectivity index (χ2v) is 5.18. The molecule has 0 aromatic heterocycles. The molecular weight excluding hydrogens is 300 g/mol. The summed E-state index contributed by atoms with van der Waals surface area (Å²) in [5.41, 5.74) is 1.23. The summed E-state index contributed by atoms with van der Waals surface area (Å²) in [7, 11) is 1.72. The van der Waals surface area contributed by atoms with Gasteiger partial charge in [-0.1, -0.05) is 41.9 Å². The van der Waals surface area contributed by atoms with Gasteiger partial charge in [-0.05, 0) is 24.3 Å². The van der Waals surface area contributed by atoms with Crippen molar-refractivity contribution < 1.29 is 9.59 Å².